The predicted octanol–water partition coefficient (Wildman–Crippen LogP) is 7.16. The van der Waals surface area contributed by atoms with Gasteiger partial charge in [-0.2, -0.15) is 5.10 Å². The Kier molecular flexibility index (Phi) is 9.95. The van der Waals surface area contributed by atoms with Gasteiger partial charge in [0.25, 0.3) is 0 Å². The molecule has 3 aromatic rings. The lowest BCUT2D eigenvalue weighted by molar-refractivity contribution is -0.0579. The lowest BCUT2D eigenvalue weighted by Crippen LogP contribution is -2.58. The van der Waals surface area contributed by atoms with Crippen molar-refractivity contribution < 1.29 is 14.3 Å². The summed E-state index contributed by atoms with van der Waals surface area (Å²) >= 11 is 0. The highest BCUT2D eigenvalue weighted by molar-refractivity contribution is 6.08. The number of hydrogen-bond acceptors (Lipinski definition) is 8. The molecule has 0 atom stereocenters. The third kappa shape index (κ3) is 7.70. The van der Waals surface area contributed by atoms with Gasteiger partial charge in [-0.25, -0.2) is 14.5 Å². The van der Waals surface area contributed by atoms with Crippen LogP contribution in [0, 0.1) is 16.7 Å². The van der Waals surface area contributed by atoms with Crippen LogP contribution in [0.5, 0.6) is 11.5 Å². The quantitative estimate of drug-likeness (QED) is 0.181. The molecule has 3 aliphatic heterocycles. The number of carbonyl (C=O) groups excluding carboxylic acids is 1. The van der Waals surface area contributed by atoms with E-state index in [-0.39, 0.29) is 18.0 Å². The van der Waals surface area contributed by atoms with Gasteiger partial charge in [0.05, 0.1) is 11.6 Å². The van der Waals surface area contributed by atoms with Gasteiger partial charge in [-0.3, -0.25) is 5.41 Å². The molecule has 4 heterocycles. The van der Waals surface area contributed by atoms with Crippen LogP contribution in [0.15, 0.2) is 59.6 Å². The number of aromatic nitrogens is 2. The van der Waals surface area contributed by atoms with Crippen molar-refractivity contribution in [1.29, 1.82) is 5.41 Å². The average molecular weight is 695 g/mol. The molecular weight excluding hydrogens is 640 g/mol. The molecule has 1 saturated carbocycles. The van der Waals surface area contributed by atoms with Crippen molar-refractivity contribution in [2.45, 2.75) is 77.0 Å². The van der Waals surface area contributed by atoms with E-state index in [1.54, 1.807) is 0 Å². The van der Waals surface area contributed by atoms with Crippen LogP contribution in [-0.2, 0) is 4.74 Å². The first-order chi connectivity index (χ1) is 24.5. The summed E-state index contributed by atoms with van der Waals surface area (Å²) in [5, 5.41) is 17.2. The number of rotatable bonds is 9. The van der Waals surface area contributed by atoms with Crippen LogP contribution >= 0.6 is 0 Å². The fourth-order valence-electron chi connectivity index (χ4n) is 8.59. The molecule has 272 valence electrons. The summed E-state index contributed by atoms with van der Waals surface area (Å²) in [4.78, 5) is 23.5. The van der Waals surface area contributed by atoms with Crippen molar-refractivity contribution in [1.82, 2.24) is 24.5 Å². The fraction of sp³-hybridized carbons (Fsp3) is 0.550. The smallest absolute Gasteiger partial charge is 0.410 e. The summed E-state index contributed by atoms with van der Waals surface area (Å²) in [5.74, 6) is 3.03. The van der Waals surface area contributed by atoms with E-state index in [0.29, 0.717) is 22.9 Å². The second kappa shape index (κ2) is 14.4. The molecule has 1 aromatic heterocycles. The van der Waals surface area contributed by atoms with Gasteiger partial charge in [-0.15, -0.1) is 0 Å². The molecule has 1 spiro atoms. The minimum atomic E-state index is -0.438. The normalized spacial score (nSPS) is 20.4. The second-order valence-corrected chi connectivity index (χ2v) is 16.1. The van der Waals surface area contributed by atoms with E-state index < -0.39 is 5.60 Å². The van der Waals surface area contributed by atoms with Crippen molar-refractivity contribution in [3.8, 4) is 22.8 Å². The van der Waals surface area contributed by atoms with Gasteiger partial charge in [0, 0.05) is 57.3 Å². The standard InChI is InChI=1S/C40H54N8O3/c1-39(2,3)51-38(49)47-26-28(27-47)25-45-21-17-40(18-22-45)23-31(24-40)46-19-15-30(16-20-46)48-37(43-5)34(36(41)42-4)35(44-48)29-11-13-33(14-12-29)50-32-9-7-6-8-10-32/h6-14,28,30-31,41,43H,4,15-27H2,1-3,5H3. The van der Waals surface area contributed by atoms with Gasteiger partial charge in [0.15, 0.2) is 5.84 Å². The topological polar surface area (TPSA) is 111 Å². The Hall–Kier alpha value is -4.22. The molecule has 4 aliphatic rings. The Balaban J connectivity index is 0.911. The van der Waals surface area contributed by atoms with Crippen LogP contribution in [0.3, 0.4) is 0 Å². The maximum absolute atomic E-state index is 12.3. The van der Waals surface area contributed by atoms with Crippen molar-refractivity contribution in [3.05, 3.63) is 60.2 Å². The van der Waals surface area contributed by atoms with Crippen molar-refractivity contribution >= 4 is 24.5 Å². The highest BCUT2D eigenvalue weighted by Gasteiger charge is 2.48. The van der Waals surface area contributed by atoms with E-state index in [9.17, 15) is 4.79 Å². The van der Waals surface area contributed by atoms with E-state index in [0.717, 1.165) is 74.1 Å². The zero-order valence-corrected chi connectivity index (χ0v) is 30.7. The molecule has 0 radical (unpaired) electrons. The summed E-state index contributed by atoms with van der Waals surface area (Å²) < 4.78 is 13.6. The van der Waals surface area contributed by atoms with Crippen molar-refractivity contribution in [2.24, 2.45) is 16.3 Å². The van der Waals surface area contributed by atoms with Crippen LogP contribution < -0.4 is 10.1 Å². The number of hydrogen-bond donors (Lipinski definition) is 2. The molecule has 2 N–H and O–H groups in total. The molecule has 2 aromatic carbocycles. The lowest BCUT2D eigenvalue weighted by atomic mass is 9.59. The SMILES string of the molecule is C=NC(=N)c1c(-c2ccc(Oc3ccccc3)cc2)nn(C2CCN(C3CC4(CCN(CC5CN(C(=O)OC(C)(C)C)C5)CC4)C3)CC2)c1NC. The summed E-state index contributed by atoms with van der Waals surface area (Å²) in [7, 11) is 1.90. The third-order valence-corrected chi connectivity index (χ3v) is 11.4. The number of para-hydroxylation sites is 1. The zero-order chi connectivity index (χ0) is 35.8. The van der Waals surface area contributed by atoms with E-state index in [1.807, 2.05) is 87.3 Å². The Labute approximate surface area is 302 Å². The molecule has 11 nitrogen and oxygen atoms in total. The number of anilines is 1. The number of carbonyl (C=O) groups is 1. The van der Waals surface area contributed by atoms with E-state index >= 15 is 0 Å². The molecule has 3 saturated heterocycles. The minimum absolute atomic E-state index is 0.115. The number of aliphatic imine (C=N–C) groups is 1. The monoisotopic (exact) mass is 694 g/mol. The summed E-state index contributed by atoms with van der Waals surface area (Å²) in [6.45, 7) is 16.6. The summed E-state index contributed by atoms with van der Waals surface area (Å²) in [6.07, 6.45) is 7.06. The third-order valence-electron chi connectivity index (χ3n) is 11.4. The number of benzene rings is 2. The Morgan fingerprint density at radius 1 is 0.980 bits per heavy atom. The highest BCUT2D eigenvalue weighted by atomic mass is 16.6. The first-order valence-electron chi connectivity index (χ1n) is 18.7. The Morgan fingerprint density at radius 3 is 2.24 bits per heavy atom. The number of amides is 1. The first-order valence-corrected chi connectivity index (χ1v) is 18.7. The van der Waals surface area contributed by atoms with Gasteiger partial charge < -0.3 is 29.5 Å². The number of ether oxygens (including phenoxy) is 2. The van der Waals surface area contributed by atoms with Crippen LogP contribution in [-0.4, -0.2) is 108 Å². The Morgan fingerprint density at radius 2 is 1.63 bits per heavy atom. The first kappa shape index (κ1) is 35.2. The summed E-state index contributed by atoms with van der Waals surface area (Å²) in [5.41, 5.74) is 2.39. The molecule has 0 bridgehead atoms. The second-order valence-electron chi connectivity index (χ2n) is 16.1. The number of nitrogens with one attached hydrogen (secondary N) is 2. The molecule has 1 amide bonds. The number of nitrogens with zero attached hydrogens (tertiary/aromatic N) is 6. The largest absolute Gasteiger partial charge is 0.457 e. The van der Waals surface area contributed by atoms with Gasteiger partial charge >= 0.3 is 6.09 Å². The van der Waals surface area contributed by atoms with Gasteiger partial charge in [-0.1, -0.05) is 18.2 Å². The number of piperidine rings is 2. The molecular formula is C40H54N8O3. The molecule has 4 fully saturated rings. The van der Waals surface area contributed by atoms with Gasteiger partial charge in [-0.05, 0) is 121 Å². The van der Waals surface area contributed by atoms with E-state index in [4.69, 9.17) is 20.0 Å². The average Bonchev–Trinajstić information content (AvgIpc) is 3.48. The van der Waals surface area contributed by atoms with Crippen LogP contribution in [0.25, 0.3) is 11.3 Å². The molecule has 7 rings (SSSR count). The van der Waals surface area contributed by atoms with Crippen molar-refractivity contribution in [3.63, 3.8) is 0 Å². The Bertz CT molecular complexity index is 1690. The zero-order valence-electron chi connectivity index (χ0n) is 30.7. The molecule has 0 unspecified atom stereocenters. The van der Waals surface area contributed by atoms with E-state index in [2.05, 4.69) is 31.5 Å². The number of amidine groups is 1. The predicted molar refractivity (Wildman–Crippen MR) is 202 cm³/mol. The maximum atomic E-state index is 12.3. The fourth-order valence-corrected chi connectivity index (χ4v) is 8.59. The molecule has 1 aliphatic carbocycles. The highest BCUT2D eigenvalue weighted by Crippen LogP contribution is 2.52. The van der Waals surface area contributed by atoms with Crippen LogP contribution in [0.4, 0.5) is 10.6 Å². The van der Waals surface area contributed by atoms with Crippen LogP contribution in [0.1, 0.15) is 70.9 Å². The van der Waals surface area contributed by atoms with E-state index in [1.165, 1.54) is 38.8 Å². The van der Waals surface area contributed by atoms with Gasteiger partial charge in [0.1, 0.15) is 28.6 Å². The number of likely N-dealkylation sites (tertiary alicyclic amines) is 3. The maximum Gasteiger partial charge on any atom is 0.410 e. The lowest BCUT2D eigenvalue weighted by Gasteiger charge is -2.56. The minimum Gasteiger partial charge on any atom is -0.457 e. The molecule has 11 heteroatoms. The summed E-state index contributed by atoms with van der Waals surface area (Å²) in [6, 6.07) is 18.5. The van der Waals surface area contributed by atoms with Crippen LogP contribution in [0.2, 0.25) is 0 Å². The molecule has 51 heavy (non-hydrogen) atoms. The van der Waals surface area contributed by atoms with Gasteiger partial charge in [0.2, 0.25) is 0 Å². The van der Waals surface area contributed by atoms with Crippen molar-refractivity contribution in [2.75, 3.05) is 58.2 Å².